The van der Waals surface area contributed by atoms with Crippen LogP contribution in [0.3, 0.4) is 0 Å². The molecule has 1 saturated heterocycles. The summed E-state index contributed by atoms with van der Waals surface area (Å²) in [6.07, 6.45) is -4.41. The van der Waals surface area contributed by atoms with Crippen LogP contribution in [0.1, 0.15) is 13.3 Å². The van der Waals surface area contributed by atoms with Crippen molar-refractivity contribution in [1.82, 2.24) is 10.6 Å². The lowest BCUT2D eigenvalue weighted by atomic mass is 10.0. The van der Waals surface area contributed by atoms with Gasteiger partial charge in [0.15, 0.2) is 0 Å². The van der Waals surface area contributed by atoms with Gasteiger partial charge in [-0.2, -0.15) is 0 Å². The van der Waals surface area contributed by atoms with Crippen LogP contribution in [0.4, 0.5) is 0 Å². The molecule has 6 N–H and O–H groups in total. The van der Waals surface area contributed by atoms with Gasteiger partial charge in [-0.25, -0.2) is 0 Å². The Morgan fingerprint density at radius 1 is 1.00 bits per heavy atom. The molecule has 0 aromatic rings. The second-order valence-electron chi connectivity index (χ2n) is 3.95. The molecule has 0 spiro atoms. The topological polar surface area (TPSA) is 105 Å². The van der Waals surface area contributed by atoms with Gasteiger partial charge in [0.1, 0.15) is 18.3 Å². The summed E-state index contributed by atoms with van der Waals surface area (Å²) in [4.78, 5) is 0. The van der Waals surface area contributed by atoms with Crippen molar-refractivity contribution in [3.8, 4) is 0 Å². The predicted molar refractivity (Wildman–Crippen MR) is 54.1 cm³/mol. The van der Waals surface area contributed by atoms with Crippen LogP contribution in [-0.2, 0) is 0 Å². The Morgan fingerprint density at radius 3 is 2.00 bits per heavy atom. The van der Waals surface area contributed by atoms with Crippen LogP contribution >= 0.6 is 0 Å². The molecule has 1 fully saturated rings. The lowest BCUT2D eigenvalue weighted by Gasteiger charge is -2.34. The maximum Gasteiger partial charge on any atom is 0.111 e. The van der Waals surface area contributed by atoms with Crippen LogP contribution in [0.15, 0.2) is 0 Å². The predicted octanol–water partition coefficient (Wildman–Crippen LogP) is -2.64. The van der Waals surface area contributed by atoms with Crippen LogP contribution in [-0.4, -0.2) is 64.1 Å². The third kappa shape index (κ3) is 3.37. The Balaban J connectivity index is 2.46. The van der Waals surface area contributed by atoms with Crippen molar-refractivity contribution in [2.24, 2.45) is 0 Å². The smallest absolute Gasteiger partial charge is 0.111 e. The number of aliphatic hydroxyl groups is 4. The van der Waals surface area contributed by atoms with E-state index >= 15 is 0 Å². The van der Waals surface area contributed by atoms with Gasteiger partial charge in [-0.3, -0.25) is 10.6 Å². The highest BCUT2D eigenvalue weighted by Crippen LogP contribution is 2.08. The summed E-state index contributed by atoms with van der Waals surface area (Å²) in [6.45, 7) is 2.88. The van der Waals surface area contributed by atoms with E-state index in [0.717, 1.165) is 19.5 Å². The van der Waals surface area contributed by atoms with E-state index in [4.69, 9.17) is 5.11 Å². The van der Waals surface area contributed by atoms with Crippen LogP contribution in [0, 0.1) is 0 Å². The molecule has 90 valence electrons. The van der Waals surface area contributed by atoms with E-state index in [2.05, 4.69) is 10.6 Å². The lowest BCUT2D eigenvalue weighted by Crippen LogP contribution is -2.61. The van der Waals surface area contributed by atoms with Crippen molar-refractivity contribution >= 4 is 0 Å². The van der Waals surface area contributed by atoms with Gasteiger partial charge in [-0.15, -0.1) is 0 Å². The van der Waals surface area contributed by atoms with Crippen molar-refractivity contribution in [2.45, 2.75) is 43.9 Å². The van der Waals surface area contributed by atoms with E-state index in [-0.39, 0.29) is 0 Å². The third-order valence-corrected chi connectivity index (χ3v) is 2.62. The summed E-state index contributed by atoms with van der Waals surface area (Å²) in [6, 6.07) is 0. The zero-order valence-electron chi connectivity index (χ0n) is 8.80. The molecule has 15 heavy (non-hydrogen) atoms. The molecule has 4 atom stereocenters. The molecule has 0 saturated carbocycles. The first-order valence-corrected chi connectivity index (χ1v) is 5.23. The van der Waals surface area contributed by atoms with E-state index < -0.39 is 30.6 Å². The standard InChI is InChI=1S/C9H20N2O4/c1-5(12)6(13)7(14)8(15)9-10-3-2-4-11-9/h5-15H,2-4H2,1H3/t5-,6-,7+,8-/m0/s1. The first kappa shape index (κ1) is 12.8. The van der Waals surface area contributed by atoms with Gasteiger partial charge < -0.3 is 20.4 Å². The quantitative estimate of drug-likeness (QED) is 0.309. The Morgan fingerprint density at radius 2 is 1.53 bits per heavy atom. The Labute approximate surface area is 88.9 Å². The van der Waals surface area contributed by atoms with Gasteiger partial charge in [0.2, 0.25) is 0 Å². The lowest BCUT2D eigenvalue weighted by molar-refractivity contribution is -0.112. The average molecular weight is 220 g/mol. The van der Waals surface area contributed by atoms with Crippen LogP contribution < -0.4 is 10.6 Å². The number of aliphatic hydroxyl groups excluding tert-OH is 4. The Bertz CT molecular complexity index is 185. The van der Waals surface area contributed by atoms with Crippen LogP contribution in [0.2, 0.25) is 0 Å². The third-order valence-electron chi connectivity index (χ3n) is 2.62. The van der Waals surface area contributed by atoms with Crippen LogP contribution in [0.5, 0.6) is 0 Å². The second-order valence-corrected chi connectivity index (χ2v) is 3.95. The molecular formula is C9H20N2O4. The van der Waals surface area contributed by atoms with Gasteiger partial charge in [-0.1, -0.05) is 0 Å². The van der Waals surface area contributed by atoms with Gasteiger partial charge in [0.25, 0.3) is 0 Å². The fourth-order valence-electron chi connectivity index (χ4n) is 1.60. The summed E-state index contributed by atoms with van der Waals surface area (Å²) >= 11 is 0. The SMILES string of the molecule is C[C@H](O)[C@H](O)[C@@H](O)[C@H](O)C1NCCCN1. The summed E-state index contributed by atoms with van der Waals surface area (Å²) in [5.74, 6) is 0. The molecule has 0 aliphatic carbocycles. The zero-order valence-corrected chi connectivity index (χ0v) is 8.80. The molecule has 0 aromatic carbocycles. The molecule has 0 bridgehead atoms. The maximum absolute atomic E-state index is 9.72. The van der Waals surface area contributed by atoms with Gasteiger partial charge >= 0.3 is 0 Å². The van der Waals surface area contributed by atoms with E-state index in [1.54, 1.807) is 0 Å². The summed E-state index contributed by atoms with van der Waals surface area (Å²) in [5.41, 5.74) is 0. The van der Waals surface area contributed by atoms with Crippen molar-refractivity contribution in [1.29, 1.82) is 0 Å². The number of nitrogens with one attached hydrogen (secondary N) is 2. The molecule has 0 aromatic heterocycles. The zero-order chi connectivity index (χ0) is 11.4. The first-order valence-electron chi connectivity index (χ1n) is 5.23. The van der Waals surface area contributed by atoms with Gasteiger partial charge in [0.05, 0.1) is 12.3 Å². The van der Waals surface area contributed by atoms with Crippen molar-refractivity contribution in [2.75, 3.05) is 13.1 Å². The molecule has 1 heterocycles. The van der Waals surface area contributed by atoms with Gasteiger partial charge in [-0.05, 0) is 26.4 Å². The minimum Gasteiger partial charge on any atom is -0.391 e. The highest BCUT2D eigenvalue weighted by molar-refractivity contribution is 4.87. The summed E-state index contributed by atoms with van der Waals surface area (Å²) < 4.78 is 0. The molecule has 0 amide bonds. The molecule has 0 unspecified atom stereocenters. The van der Waals surface area contributed by atoms with E-state index in [1.165, 1.54) is 6.92 Å². The Kier molecular flexibility index (Phi) is 4.91. The molecular weight excluding hydrogens is 200 g/mol. The monoisotopic (exact) mass is 220 g/mol. The minimum atomic E-state index is -1.37. The number of hydrogen-bond donors (Lipinski definition) is 6. The molecule has 0 radical (unpaired) electrons. The Hall–Kier alpha value is -0.240. The van der Waals surface area contributed by atoms with Gasteiger partial charge in [0, 0.05) is 0 Å². The normalized spacial score (nSPS) is 27.0. The molecule has 1 rings (SSSR count). The summed E-state index contributed by atoms with van der Waals surface area (Å²) in [7, 11) is 0. The largest absolute Gasteiger partial charge is 0.391 e. The van der Waals surface area contributed by atoms with Crippen molar-refractivity contribution in [3.63, 3.8) is 0 Å². The summed E-state index contributed by atoms with van der Waals surface area (Å²) in [5, 5.41) is 43.7. The number of hydrogen-bond acceptors (Lipinski definition) is 6. The highest BCUT2D eigenvalue weighted by Gasteiger charge is 2.33. The van der Waals surface area contributed by atoms with E-state index in [1.807, 2.05) is 0 Å². The highest BCUT2D eigenvalue weighted by atomic mass is 16.4. The molecule has 6 heteroatoms. The minimum absolute atomic E-state index is 0.442. The molecule has 1 aliphatic rings. The van der Waals surface area contributed by atoms with E-state index in [0.29, 0.717) is 0 Å². The van der Waals surface area contributed by atoms with Crippen molar-refractivity contribution in [3.05, 3.63) is 0 Å². The molecule has 6 nitrogen and oxygen atoms in total. The molecule has 1 aliphatic heterocycles. The first-order chi connectivity index (χ1) is 7.04. The maximum atomic E-state index is 9.72. The fourth-order valence-corrected chi connectivity index (χ4v) is 1.60. The second kappa shape index (κ2) is 5.74. The number of rotatable bonds is 4. The van der Waals surface area contributed by atoms with Crippen molar-refractivity contribution < 1.29 is 20.4 Å². The fraction of sp³-hybridized carbons (Fsp3) is 1.00. The van der Waals surface area contributed by atoms with E-state index in [9.17, 15) is 15.3 Å². The average Bonchev–Trinajstić information content (AvgIpc) is 2.27. The van der Waals surface area contributed by atoms with Crippen LogP contribution in [0.25, 0.3) is 0 Å².